The van der Waals surface area contributed by atoms with Gasteiger partial charge < -0.3 is 10.1 Å². The molecule has 0 saturated heterocycles. The van der Waals surface area contributed by atoms with Gasteiger partial charge in [0.25, 0.3) is 5.56 Å². The molecule has 0 bridgehead atoms. The Morgan fingerprint density at radius 2 is 1.88 bits per heavy atom. The summed E-state index contributed by atoms with van der Waals surface area (Å²) in [7, 11) is 0. The maximum Gasteiger partial charge on any atom is 0.329 e. The number of hydrogen-bond acceptors (Lipinski definition) is 4. The quantitative estimate of drug-likeness (QED) is 0.465. The first-order chi connectivity index (χ1) is 15.4. The summed E-state index contributed by atoms with van der Waals surface area (Å²) >= 11 is 6.25. The fraction of sp³-hybridized carbons (Fsp3) is 0.0870. The Morgan fingerprint density at radius 1 is 1.06 bits per heavy atom. The molecule has 7 nitrogen and oxygen atoms in total. The second kappa shape index (κ2) is 9.07. The van der Waals surface area contributed by atoms with E-state index in [4.69, 9.17) is 16.3 Å². The first kappa shape index (κ1) is 21.3. The molecule has 4 rings (SSSR count). The van der Waals surface area contributed by atoms with Gasteiger partial charge in [0.2, 0.25) is 5.91 Å². The number of para-hydroxylation sites is 1. The smallest absolute Gasteiger partial charge is 0.329 e. The Bertz CT molecular complexity index is 1430. The van der Waals surface area contributed by atoms with Crippen LogP contribution in [0.2, 0.25) is 5.02 Å². The van der Waals surface area contributed by atoms with Crippen molar-refractivity contribution in [3.8, 4) is 5.75 Å². The van der Waals surface area contributed by atoms with Gasteiger partial charge in [-0.15, -0.1) is 0 Å². The molecule has 32 heavy (non-hydrogen) atoms. The molecular weight excluding hydrogens is 437 g/mol. The summed E-state index contributed by atoms with van der Waals surface area (Å²) in [5, 5.41) is 3.23. The van der Waals surface area contributed by atoms with E-state index in [9.17, 15) is 18.8 Å². The minimum atomic E-state index is -0.678. The largest absolute Gasteiger partial charge is 0.487 e. The molecule has 0 spiro atoms. The molecule has 0 aliphatic rings. The van der Waals surface area contributed by atoms with Crippen LogP contribution in [-0.4, -0.2) is 15.5 Å². The molecule has 0 aliphatic carbocycles. The van der Waals surface area contributed by atoms with E-state index in [0.717, 1.165) is 0 Å². The molecule has 1 amide bonds. The van der Waals surface area contributed by atoms with Gasteiger partial charge in [-0.1, -0.05) is 35.9 Å². The van der Waals surface area contributed by atoms with Gasteiger partial charge in [0, 0.05) is 5.69 Å². The molecule has 1 aromatic heterocycles. The zero-order valence-electron chi connectivity index (χ0n) is 16.6. The van der Waals surface area contributed by atoms with E-state index in [0.29, 0.717) is 27.9 Å². The number of carbonyl (C=O) groups excluding carboxylic acids is 1. The second-order valence-electron chi connectivity index (χ2n) is 6.97. The Balaban J connectivity index is 1.46. The van der Waals surface area contributed by atoms with E-state index < -0.39 is 17.2 Å². The zero-order valence-corrected chi connectivity index (χ0v) is 17.4. The molecule has 2 N–H and O–H groups in total. The fourth-order valence-corrected chi connectivity index (χ4v) is 3.46. The maximum absolute atomic E-state index is 13.3. The van der Waals surface area contributed by atoms with Gasteiger partial charge in [-0.05, 0) is 48.0 Å². The Morgan fingerprint density at radius 3 is 2.66 bits per heavy atom. The highest BCUT2D eigenvalue weighted by Crippen LogP contribution is 2.28. The normalized spacial score (nSPS) is 10.8. The van der Waals surface area contributed by atoms with Gasteiger partial charge in [-0.2, -0.15) is 0 Å². The van der Waals surface area contributed by atoms with Crippen LogP contribution in [0.3, 0.4) is 0 Å². The van der Waals surface area contributed by atoms with Crippen molar-refractivity contribution < 1.29 is 13.9 Å². The van der Waals surface area contributed by atoms with Crippen LogP contribution in [0.25, 0.3) is 10.9 Å². The number of aromatic amines is 1. The lowest BCUT2D eigenvalue weighted by Crippen LogP contribution is -2.34. The topological polar surface area (TPSA) is 93.2 Å². The number of amides is 1. The van der Waals surface area contributed by atoms with Crippen LogP contribution in [0.4, 0.5) is 10.1 Å². The number of nitrogens with zero attached hydrogens (tertiary/aromatic N) is 1. The van der Waals surface area contributed by atoms with Crippen LogP contribution in [0.1, 0.15) is 5.56 Å². The Kier molecular flexibility index (Phi) is 6.04. The van der Waals surface area contributed by atoms with E-state index in [-0.39, 0.29) is 24.0 Å². The molecule has 0 fully saturated rings. The highest BCUT2D eigenvalue weighted by molar-refractivity contribution is 6.32. The minimum absolute atomic E-state index is 0.130. The van der Waals surface area contributed by atoms with E-state index in [1.165, 1.54) is 22.8 Å². The van der Waals surface area contributed by atoms with Crippen molar-refractivity contribution in [3.63, 3.8) is 0 Å². The highest BCUT2D eigenvalue weighted by atomic mass is 35.5. The Labute approximate surface area is 186 Å². The van der Waals surface area contributed by atoms with Gasteiger partial charge in [-0.25, -0.2) is 9.18 Å². The average Bonchev–Trinajstić information content (AvgIpc) is 2.76. The number of carbonyl (C=O) groups is 1. The van der Waals surface area contributed by atoms with E-state index in [1.807, 2.05) is 0 Å². The lowest BCUT2D eigenvalue weighted by Gasteiger charge is -2.12. The summed E-state index contributed by atoms with van der Waals surface area (Å²) in [6, 6.07) is 17.2. The Hall–Kier alpha value is -3.91. The first-order valence-corrected chi connectivity index (χ1v) is 9.97. The molecule has 1 heterocycles. The lowest BCUT2D eigenvalue weighted by atomic mass is 10.2. The van der Waals surface area contributed by atoms with Crippen molar-refractivity contribution >= 4 is 34.1 Å². The van der Waals surface area contributed by atoms with Crippen molar-refractivity contribution in [1.82, 2.24) is 9.55 Å². The van der Waals surface area contributed by atoms with Crippen molar-refractivity contribution in [1.29, 1.82) is 0 Å². The molecule has 3 aromatic carbocycles. The molecule has 4 aromatic rings. The van der Waals surface area contributed by atoms with Crippen LogP contribution in [0.5, 0.6) is 5.75 Å². The van der Waals surface area contributed by atoms with Crippen molar-refractivity contribution in [2.24, 2.45) is 0 Å². The van der Waals surface area contributed by atoms with Crippen LogP contribution in [-0.2, 0) is 17.9 Å². The van der Waals surface area contributed by atoms with E-state index in [2.05, 4.69) is 10.3 Å². The fourth-order valence-electron chi connectivity index (χ4n) is 3.23. The molecule has 0 atom stereocenters. The van der Waals surface area contributed by atoms with Gasteiger partial charge in [0.15, 0.2) is 0 Å². The molecule has 162 valence electrons. The molecule has 9 heteroatoms. The maximum atomic E-state index is 13.3. The summed E-state index contributed by atoms with van der Waals surface area (Å²) < 4.78 is 20.1. The van der Waals surface area contributed by atoms with Gasteiger partial charge >= 0.3 is 5.69 Å². The summed E-state index contributed by atoms with van der Waals surface area (Å²) in [4.78, 5) is 38.9. The minimum Gasteiger partial charge on any atom is -0.487 e. The number of ether oxygens (including phenoxy) is 1. The molecule has 0 radical (unpaired) electrons. The van der Waals surface area contributed by atoms with Crippen LogP contribution in [0.15, 0.2) is 76.3 Å². The predicted molar refractivity (Wildman–Crippen MR) is 120 cm³/mol. The van der Waals surface area contributed by atoms with Crippen molar-refractivity contribution in [2.75, 3.05) is 5.32 Å². The standard InChI is InChI=1S/C23H17ClFN3O4/c24-18-11-16(8-9-20(18)32-13-14-4-3-5-15(25)10-14)26-21(29)12-28-19-7-2-1-6-17(19)22(30)27-23(28)31/h1-11H,12-13H2,(H,26,29)(H,27,30,31). The van der Waals surface area contributed by atoms with E-state index in [1.54, 1.807) is 48.5 Å². The van der Waals surface area contributed by atoms with Gasteiger partial charge in [0.1, 0.15) is 24.7 Å². The van der Waals surface area contributed by atoms with Gasteiger partial charge in [-0.3, -0.25) is 19.1 Å². The third-order valence-electron chi connectivity index (χ3n) is 4.71. The number of H-pyrrole nitrogens is 1. The molecule has 0 unspecified atom stereocenters. The first-order valence-electron chi connectivity index (χ1n) is 9.59. The monoisotopic (exact) mass is 453 g/mol. The number of benzene rings is 3. The molecular formula is C23H17ClFN3O4. The van der Waals surface area contributed by atoms with Crippen LogP contribution >= 0.6 is 11.6 Å². The SMILES string of the molecule is O=C(Cn1c(=O)[nH]c(=O)c2ccccc21)Nc1ccc(OCc2cccc(F)c2)c(Cl)c1. The average molecular weight is 454 g/mol. The molecule has 0 saturated carbocycles. The molecule has 0 aliphatic heterocycles. The van der Waals surface area contributed by atoms with Crippen LogP contribution < -0.4 is 21.3 Å². The third kappa shape index (κ3) is 4.70. The zero-order chi connectivity index (χ0) is 22.7. The second-order valence-corrected chi connectivity index (χ2v) is 7.38. The number of halogens is 2. The van der Waals surface area contributed by atoms with Crippen LogP contribution in [0, 0.1) is 5.82 Å². The third-order valence-corrected chi connectivity index (χ3v) is 5.00. The van der Waals surface area contributed by atoms with Crippen molar-refractivity contribution in [2.45, 2.75) is 13.2 Å². The number of anilines is 1. The summed E-state index contributed by atoms with van der Waals surface area (Å²) in [5.74, 6) is -0.463. The number of hydrogen-bond donors (Lipinski definition) is 2. The summed E-state index contributed by atoms with van der Waals surface area (Å²) in [6.45, 7) is -0.170. The summed E-state index contributed by atoms with van der Waals surface area (Å²) in [5.41, 5.74) is 0.221. The number of aromatic nitrogens is 2. The highest BCUT2D eigenvalue weighted by Gasteiger charge is 2.12. The number of nitrogens with one attached hydrogen (secondary N) is 2. The van der Waals surface area contributed by atoms with Gasteiger partial charge in [0.05, 0.1) is 15.9 Å². The van der Waals surface area contributed by atoms with Crippen molar-refractivity contribution in [3.05, 3.63) is 104 Å². The predicted octanol–water partition coefficient (Wildman–Crippen LogP) is 3.70. The lowest BCUT2D eigenvalue weighted by molar-refractivity contribution is -0.116. The number of rotatable bonds is 6. The summed E-state index contributed by atoms with van der Waals surface area (Å²) in [6.07, 6.45) is 0. The number of fused-ring (bicyclic) bond motifs is 1. The van der Waals surface area contributed by atoms with E-state index >= 15 is 0 Å².